The van der Waals surface area contributed by atoms with E-state index in [1.807, 2.05) is 4.90 Å². The van der Waals surface area contributed by atoms with Crippen LogP contribution in [0.2, 0.25) is 0 Å². The van der Waals surface area contributed by atoms with Crippen LogP contribution in [0.25, 0.3) is 0 Å². The highest BCUT2D eigenvalue weighted by molar-refractivity contribution is 5.80. The Balaban J connectivity index is 1.22. The van der Waals surface area contributed by atoms with E-state index < -0.39 is 24.3 Å². The lowest BCUT2D eigenvalue weighted by atomic mass is 9.81. The van der Waals surface area contributed by atoms with Crippen LogP contribution in [-0.4, -0.2) is 47.7 Å². The number of carbonyl (C=O) groups is 1. The Bertz CT molecular complexity index is 903. The van der Waals surface area contributed by atoms with E-state index in [9.17, 15) is 22.4 Å². The fourth-order valence-corrected chi connectivity index (χ4v) is 3.34. The van der Waals surface area contributed by atoms with E-state index >= 15 is 0 Å². The van der Waals surface area contributed by atoms with Crippen molar-refractivity contribution < 1.29 is 31.8 Å². The zero-order valence-electron chi connectivity index (χ0n) is 15.6. The molecule has 1 aliphatic carbocycles. The topological polar surface area (TPSA) is 76.6 Å². The highest BCUT2D eigenvalue weighted by Crippen LogP contribution is 2.36. The summed E-state index contributed by atoms with van der Waals surface area (Å²) in [6.45, 7) is -2.02. The average Bonchev–Trinajstić information content (AvgIpc) is 2.63. The van der Waals surface area contributed by atoms with Gasteiger partial charge in [-0.1, -0.05) is 0 Å². The minimum absolute atomic E-state index is 0.0691. The lowest BCUT2D eigenvalue weighted by molar-refractivity contribution is -0.131. The van der Waals surface area contributed by atoms with E-state index in [4.69, 9.17) is 4.74 Å². The molecule has 1 N–H and O–H groups in total. The maximum Gasteiger partial charge on any atom is 0.387 e. The molecule has 160 valence electrons. The predicted molar refractivity (Wildman–Crippen MR) is 96.3 cm³/mol. The van der Waals surface area contributed by atoms with E-state index in [1.165, 1.54) is 0 Å². The van der Waals surface area contributed by atoms with Gasteiger partial charge in [0.15, 0.2) is 17.3 Å². The number of halogens is 4. The number of anilines is 1. The Morgan fingerprint density at radius 1 is 1.10 bits per heavy atom. The molecule has 1 aromatic carbocycles. The number of benzene rings is 1. The molecule has 0 unspecified atom stereocenters. The molecule has 30 heavy (non-hydrogen) atoms. The number of amides is 1. The lowest BCUT2D eigenvalue weighted by Crippen LogP contribution is -2.61. The van der Waals surface area contributed by atoms with Gasteiger partial charge in [0.2, 0.25) is 11.9 Å². The number of alkyl halides is 2. The van der Waals surface area contributed by atoms with Crippen molar-refractivity contribution in [2.45, 2.75) is 31.6 Å². The van der Waals surface area contributed by atoms with Gasteiger partial charge < -0.3 is 19.7 Å². The van der Waals surface area contributed by atoms with Crippen LogP contribution >= 0.6 is 0 Å². The number of nitrogens with one attached hydrogen (secondary N) is 1. The normalized spacial score (nSPS) is 21.0. The number of hydrogen-bond acceptors (Lipinski definition) is 6. The Hall–Kier alpha value is -3.11. The monoisotopic (exact) mass is 426 g/mol. The van der Waals surface area contributed by atoms with Crippen molar-refractivity contribution in [2.75, 3.05) is 18.0 Å². The number of rotatable bonds is 7. The highest BCUT2D eigenvalue weighted by atomic mass is 19.3. The van der Waals surface area contributed by atoms with Crippen LogP contribution in [-0.2, 0) is 4.79 Å². The van der Waals surface area contributed by atoms with Crippen molar-refractivity contribution >= 4 is 11.9 Å². The van der Waals surface area contributed by atoms with Gasteiger partial charge in [0.05, 0.1) is 18.4 Å². The summed E-state index contributed by atoms with van der Waals surface area (Å²) in [7, 11) is 0. The van der Waals surface area contributed by atoms with Gasteiger partial charge in [0, 0.05) is 25.1 Å². The summed E-state index contributed by atoms with van der Waals surface area (Å²) in [5.41, 5.74) is 0. The molecule has 2 fully saturated rings. The van der Waals surface area contributed by atoms with E-state index in [-0.39, 0.29) is 29.4 Å². The van der Waals surface area contributed by atoms with Crippen LogP contribution in [0.15, 0.2) is 30.6 Å². The zero-order valence-corrected chi connectivity index (χ0v) is 15.6. The molecule has 11 heteroatoms. The van der Waals surface area contributed by atoms with E-state index in [0.29, 0.717) is 31.9 Å². The molecule has 1 saturated heterocycles. The van der Waals surface area contributed by atoms with Gasteiger partial charge in [-0.05, 0) is 25.0 Å². The Kier molecular flexibility index (Phi) is 5.60. The smallest absolute Gasteiger partial charge is 0.387 e. The fourth-order valence-electron chi connectivity index (χ4n) is 3.34. The third kappa shape index (κ3) is 4.55. The predicted octanol–water partition coefficient (Wildman–Crippen LogP) is 2.52. The Morgan fingerprint density at radius 2 is 1.80 bits per heavy atom. The SMILES string of the molecule is O=C(NC1CN(c2ncc(F)cn2)C1)[C@H]1C[C@H](Oc2cc(F)ccc2OC(F)F)C1. The van der Waals surface area contributed by atoms with Crippen LogP contribution < -0.4 is 19.7 Å². The lowest BCUT2D eigenvalue weighted by Gasteiger charge is -2.41. The van der Waals surface area contributed by atoms with Crippen molar-refractivity contribution in [3.63, 3.8) is 0 Å². The first-order valence-corrected chi connectivity index (χ1v) is 9.31. The van der Waals surface area contributed by atoms with Gasteiger partial charge in [-0.3, -0.25) is 4.79 Å². The third-order valence-electron chi connectivity index (χ3n) is 5.00. The first-order chi connectivity index (χ1) is 14.4. The molecule has 7 nitrogen and oxygen atoms in total. The first kappa shape index (κ1) is 20.2. The quantitative estimate of drug-likeness (QED) is 0.686. The maximum absolute atomic E-state index is 13.4. The standard InChI is InChI=1S/C19H18F4N4O3/c20-11-1-2-15(30-18(22)23)16(5-11)29-14-3-10(4-14)17(28)26-13-8-27(9-13)19-24-6-12(21)7-25-19/h1-2,5-7,10,13-14,18H,3-4,8-9H2,(H,26,28)/t10-,14-. The molecular weight excluding hydrogens is 408 g/mol. The number of nitrogens with zero attached hydrogens (tertiary/aromatic N) is 3. The molecule has 0 bridgehead atoms. The molecule has 1 aromatic heterocycles. The molecule has 0 atom stereocenters. The molecule has 1 amide bonds. The molecule has 2 aromatic rings. The number of ether oxygens (including phenoxy) is 2. The second kappa shape index (κ2) is 8.33. The van der Waals surface area contributed by atoms with Gasteiger partial charge in [-0.25, -0.2) is 18.7 Å². The number of aromatic nitrogens is 2. The molecule has 2 heterocycles. The first-order valence-electron chi connectivity index (χ1n) is 9.31. The Morgan fingerprint density at radius 3 is 2.47 bits per heavy atom. The fraction of sp³-hybridized carbons (Fsp3) is 0.421. The maximum atomic E-state index is 13.4. The summed E-state index contributed by atoms with van der Waals surface area (Å²) in [5.74, 6) is -1.54. The molecule has 0 spiro atoms. The average molecular weight is 426 g/mol. The summed E-state index contributed by atoms with van der Waals surface area (Å²) in [5, 5.41) is 2.91. The molecule has 0 radical (unpaired) electrons. The van der Waals surface area contributed by atoms with Crippen molar-refractivity contribution in [3.05, 3.63) is 42.2 Å². The van der Waals surface area contributed by atoms with E-state index in [2.05, 4.69) is 20.0 Å². The van der Waals surface area contributed by atoms with Gasteiger partial charge >= 0.3 is 6.61 Å². The van der Waals surface area contributed by atoms with Crippen LogP contribution in [0.3, 0.4) is 0 Å². The zero-order chi connectivity index (χ0) is 21.3. The molecule has 2 aliphatic rings. The minimum Gasteiger partial charge on any atom is -0.486 e. The Labute approximate surface area is 169 Å². The van der Waals surface area contributed by atoms with Gasteiger partial charge in [0.1, 0.15) is 11.9 Å². The minimum atomic E-state index is -3.06. The molecular formula is C19H18F4N4O3. The van der Waals surface area contributed by atoms with Crippen molar-refractivity contribution in [3.8, 4) is 11.5 Å². The van der Waals surface area contributed by atoms with Crippen molar-refractivity contribution in [1.29, 1.82) is 0 Å². The largest absolute Gasteiger partial charge is 0.486 e. The summed E-state index contributed by atoms with van der Waals surface area (Å²) in [6, 6.07) is 2.99. The molecule has 1 aliphatic heterocycles. The van der Waals surface area contributed by atoms with Crippen molar-refractivity contribution in [2.24, 2.45) is 5.92 Å². The summed E-state index contributed by atoms with van der Waals surface area (Å²) < 4.78 is 61.1. The van der Waals surface area contributed by atoms with E-state index in [0.717, 1.165) is 30.6 Å². The molecule has 1 saturated carbocycles. The van der Waals surface area contributed by atoms with Crippen LogP contribution in [0.1, 0.15) is 12.8 Å². The van der Waals surface area contributed by atoms with Crippen LogP contribution in [0.4, 0.5) is 23.5 Å². The number of carbonyl (C=O) groups excluding carboxylic acids is 1. The summed E-state index contributed by atoms with van der Waals surface area (Å²) >= 11 is 0. The third-order valence-corrected chi connectivity index (χ3v) is 5.00. The second-order valence-electron chi connectivity index (χ2n) is 7.19. The van der Waals surface area contributed by atoms with Crippen molar-refractivity contribution in [1.82, 2.24) is 15.3 Å². The van der Waals surface area contributed by atoms with Crippen LogP contribution in [0.5, 0.6) is 11.5 Å². The van der Waals surface area contributed by atoms with Gasteiger partial charge in [-0.2, -0.15) is 8.78 Å². The number of hydrogen-bond donors (Lipinski definition) is 1. The second-order valence-corrected chi connectivity index (χ2v) is 7.19. The summed E-state index contributed by atoms with van der Waals surface area (Å²) in [6.07, 6.45) is 2.54. The molecule has 4 rings (SSSR count). The van der Waals surface area contributed by atoms with Crippen LogP contribution in [0, 0.1) is 17.6 Å². The van der Waals surface area contributed by atoms with Gasteiger partial charge in [0.25, 0.3) is 0 Å². The van der Waals surface area contributed by atoms with E-state index in [1.54, 1.807) is 0 Å². The van der Waals surface area contributed by atoms with Gasteiger partial charge in [-0.15, -0.1) is 0 Å². The summed E-state index contributed by atoms with van der Waals surface area (Å²) in [4.78, 5) is 21.9. The highest BCUT2D eigenvalue weighted by Gasteiger charge is 2.39.